The average molecular weight is 342 g/mol. The largest absolute Gasteiger partial charge is 0.392 e. The number of carbonyl (C=O) groups excluding carboxylic acids is 1. The van der Waals surface area contributed by atoms with Crippen LogP contribution >= 0.6 is 11.8 Å². The Kier molecular flexibility index (Phi) is 6.00. The Hall–Kier alpha value is -2.06. The molecule has 0 aliphatic heterocycles. The Balaban J connectivity index is 2.08. The Morgan fingerprint density at radius 1 is 1.35 bits per heavy atom. The summed E-state index contributed by atoms with van der Waals surface area (Å²) in [6.07, 6.45) is 1.33. The highest BCUT2D eigenvalue weighted by atomic mass is 32.2. The first-order valence-electron chi connectivity index (χ1n) is 6.57. The standard InChI is InChI=1S/C15H13F3N2O2S/c16-12-4-3-9(6-10(12)8-21)7-20-13(22)11-2-1-5-19-14(11)23-15(17)18/h1-6,15,21H,7-8H2,(H,20,22). The van der Waals surface area contributed by atoms with Crippen LogP contribution in [0.2, 0.25) is 0 Å². The van der Waals surface area contributed by atoms with Crippen molar-refractivity contribution in [3.8, 4) is 0 Å². The molecule has 0 unspecified atom stereocenters. The quantitative estimate of drug-likeness (QED) is 0.793. The Morgan fingerprint density at radius 3 is 2.83 bits per heavy atom. The van der Waals surface area contributed by atoms with E-state index in [0.29, 0.717) is 5.56 Å². The van der Waals surface area contributed by atoms with Gasteiger partial charge in [0.05, 0.1) is 12.2 Å². The third kappa shape index (κ3) is 4.70. The molecule has 8 heteroatoms. The van der Waals surface area contributed by atoms with Crippen molar-refractivity contribution < 1.29 is 23.1 Å². The molecule has 0 aliphatic carbocycles. The number of rotatable bonds is 6. The average Bonchev–Trinajstić information content (AvgIpc) is 2.53. The highest BCUT2D eigenvalue weighted by Crippen LogP contribution is 2.26. The lowest BCUT2D eigenvalue weighted by molar-refractivity contribution is 0.0947. The highest BCUT2D eigenvalue weighted by Gasteiger charge is 2.16. The minimum Gasteiger partial charge on any atom is -0.392 e. The molecule has 0 bridgehead atoms. The number of thioether (sulfide) groups is 1. The Morgan fingerprint density at radius 2 is 2.13 bits per heavy atom. The SMILES string of the molecule is O=C(NCc1ccc(F)c(CO)c1)c1cccnc1SC(F)F. The molecule has 0 saturated heterocycles. The number of amides is 1. The van der Waals surface area contributed by atoms with Crippen LogP contribution in [0.25, 0.3) is 0 Å². The molecule has 0 fully saturated rings. The molecular formula is C15H13F3N2O2S. The monoisotopic (exact) mass is 342 g/mol. The summed E-state index contributed by atoms with van der Waals surface area (Å²) in [7, 11) is 0. The predicted molar refractivity (Wildman–Crippen MR) is 79.6 cm³/mol. The van der Waals surface area contributed by atoms with Crippen LogP contribution in [0.4, 0.5) is 13.2 Å². The van der Waals surface area contributed by atoms with E-state index in [1.165, 1.54) is 36.5 Å². The first-order valence-corrected chi connectivity index (χ1v) is 7.45. The van der Waals surface area contributed by atoms with Gasteiger partial charge in [-0.05, 0) is 41.6 Å². The van der Waals surface area contributed by atoms with Gasteiger partial charge in [0.15, 0.2) is 0 Å². The summed E-state index contributed by atoms with van der Waals surface area (Å²) in [6.45, 7) is -0.384. The zero-order chi connectivity index (χ0) is 16.8. The molecule has 2 N–H and O–H groups in total. The van der Waals surface area contributed by atoms with Crippen LogP contribution in [0.15, 0.2) is 41.6 Å². The number of halogens is 3. The maximum absolute atomic E-state index is 13.3. The van der Waals surface area contributed by atoms with Crippen LogP contribution in [-0.2, 0) is 13.2 Å². The number of benzene rings is 1. The molecule has 0 radical (unpaired) electrons. The molecule has 1 aromatic carbocycles. The van der Waals surface area contributed by atoms with E-state index in [0.717, 1.165) is 0 Å². The number of hydrogen-bond acceptors (Lipinski definition) is 4. The smallest absolute Gasteiger partial charge is 0.290 e. The van der Waals surface area contributed by atoms with E-state index in [-0.39, 0.29) is 34.5 Å². The minimum atomic E-state index is -2.68. The fourth-order valence-corrected chi connectivity index (χ4v) is 2.46. The second-order valence-corrected chi connectivity index (χ2v) is 5.48. The predicted octanol–water partition coefficient (Wildman–Crippen LogP) is 2.96. The van der Waals surface area contributed by atoms with Gasteiger partial charge < -0.3 is 10.4 Å². The van der Waals surface area contributed by atoms with Crippen molar-refractivity contribution in [2.75, 3.05) is 0 Å². The lowest BCUT2D eigenvalue weighted by Crippen LogP contribution is -2.24. The lowest BCUT2D eigenvalue weighted by Gasteiger charge is -2.09. The van der Waals surface area contributed by atoms with Crippen molar-refractivity contribution in [3.05, 3.63) is 59.0 Å². The molecule has 0 atom stereocenters. The highest BCUT2D eigenvalue weighted by molar-refractivity contribution is 7.99. The molecule has 0 saturated carbocycles. The van der Waals surface area contributed by atoms with Crippen LogP contribution in [0, 0.1) is 5.82 Å². The first-order chi connectivity index (χ1) is 11.0. The van der Waals surface area contributed by atoms with Gasteiger partial charge in [0, 0.05) is 18.3 Å². The van der Waals surface area contributed by atoms with Crippen LogP contribution in [0.5, 0.6) is 0 Å². The molecule has 0 aliphatic rings. The number of carbonyl (C=O) groups is 1. The van der Waals surface area contributed by atoms with Crippen LogP contribution < -0.4 is 5.32 Å². The fraction of sp³-hybridized carbons (Fsp3) is 0.200. The number of nitrogens with one attached hydrogen (secondary N) is 1. The van der Waals surface area contributed by atoms with Gasteiger partial charge in [-0.15, -0.1) is 0 Å². The third-order valence-corrected chi connectivity index (χ3v) is 3.68. The van der Waals surface area contributed by atoms with E-state index in [2.05, 4.69) is 10.3 Å². The number of aliphatic hydroxyl groups is 1. The molecule has 122 valence electrons. The summed E-state index contributed by atoms with van der Waals surface area (Å²) in [5.41, 5.74) is 0.741. The van der Waals surface area contributed by atoms with Crippen molar-refractivity contribution in [2.24, 2.45) is 0 Å². The Labute approximate surface area is 134 Å². The van der Waals surface area contributed by atoms with Crippen LogP contribution in [-0.4, -0.2) is 21.8 Å². The molecule has 23 heavy (non-hydrogen) atoms. The third-order valence-electron chi connectivity index (χ3n) is 2.95. The van der Waals surface area contributed by atoms with E-state index >= 15 is 0 Å². The van der Waals surface area contributed by atoms with Crippen molar-refractivity contribution in [1.29, 1.82) is 0 Å². The molecular weight excluding hydrogens is 329 g/mol. The second-order valence-electron chi connectivity index (χ2n) is 4.50. The topological polar surface area (TPSA) is 62.2 Å². The number of aliphatic hydroxyl groups excluding tert-OH is 1. The molecule has 1 aromatic heterocycles. The number of alkyl halides is 2. The first kappa shape index (κ1) is 17.3. The fourth-order valence-electron chi connectivity index (χ4n) is 1.88. The molecule has 4 nitrogen and oxygen atoms in total. The maximum atomic E-state index is 13.3. The molecule has 0 spiro atoms. The zero-order valence-electron chi connectivity index (χ0n) is 11.8. The van der Waals surface area contributed by atoms with Gasteiger partial charge in [0.2, 0.25) is 0 Å². The zero-order valence-corrected chi connectivity index (χ0v) is 12.6. The summed E-state index contributed by atoms with van der Waals surface area (Å²) >= 11 is 0.195. The summed E-state index contributed by atoms with van der Waals surface area (Å²) in [6, 6.07) is 6.96. The van der Waals surface area contributed by atoms with E-state index in [1.54, 1.807) is 0 Å². The number of hydrogen-bond donors (Lipinski definition) is 2. The number of aromatic nitrogens is 1. The second kappa shape index (κ2) is 7.98. The normalized spacial score (nSPS) is 10.8. The van der Waals surface area contributed by atoms with E-state index in [4.69, 9.17) is 5.11 Å². The maximum Gasteiger partial charge on any atom is 0.290 e. The number of pyridine rings is 1. The minimum absolute atomic E-state index is 0.0438. The summed E-state index contributed by atoms with van der Waals surface area (Å²) in [5.74, 6) is -3.78. The van der Waals surface area contributed by atoms with Crippen molar-refractivity contribution in [1.82, 2.24) is 10.3 Å². The molecule has 2 rings (SSSR count). The lowest BCUT2D eigenvalue weighted by atomic mass is 10.1. The van der Waals surface area contributed by atoms with Gasteiger partial charge in [-0.2, -0.15) is 8.78 Å². The van der Waals surface area contributed by atoms with Gasteiger partial charge in [0.1, 0.15) is 10.8 Å². The van der Waals surface area contributed by atoms with Crippen molar-refractivity contribution >= 4 is 17.7 Å². The van der Waals surface area contributed by atoms with E-state index in [1.807, 2.05) is 0 Å². The number of nitrogens with zero attached hydrogens (tertiary/aromatic N) is 1. The van der Waals surface area contributed by atoms with Crippen molar-refractivity contribution in [3.63, 3.8) is 0 Å². The molecule has 1 amide bonds. The summed E-state index contributed by atoms with van der Waals surface area (Å²) in [4.78, 5) is 15.9. The van der Waals surface area contributed by atoms with Crippen molar-refractivity contribution in [2.45, 2.75) is 23.9 Å². The van der Waals surface area contributed by atoms with Crippen LogP contribution in [0.1, 0.15) is 21.5 Å². The summed E-state index contributed by atoms with van der Waals surface area (Å²) < 4.78 is 38.2. The molecule has 1 heterocycles. The van der Waals surface area contributed by atoms with Crippen LogP contribution in [0.3, 0.4) is 0 Å². The van der Waals surface area contributed by atoms with Gasteiger partial charge in [-0.1, -0.05) is 6.07 Å². The van der Waals surface area contributed by atoms with Gasteiger partial charge in [0.25, 0.3) is 11.7 Å². The van der Waals surface area contributed by atoms with Gasteiger partial charge in [-0.3, -0.25) is 4.79 Å². The molecule has 2 aromatic rings. The summed E-state index contributed by atoms with van der Waals surface area (Å²) in [5, 5.41) is 11.5. The van der Waals surface area contributed by atoms with E-state index in [9.17, 15) is 18.0 Å². The van der Waals surface area contributed by atoms with Gasteiger partial charge >= 0.3 is 0 Å². The van der Waals surface area contributed by atoms with E-state index < -0.39 is 24.1 Å². The van der Waals surface area contributed by atoms with Gasteiger partial charge in [-0.25, -0.2) is 9.37 Å². The Bertz CT molecular complexity index is 698.